The zero-order chi connectivity index (χ0) is 10.1. The number of aromatic amines is 1. The van der Waals surface area contributed by atoms with Gasteiger partial charge in [0.1, 0.15) is 23.3 Å². The predicted molar refractivity (Wildman–Crippen MR) is 48.4 cm³/mol. The van der Waals surface area contributed by atoms with Gasteiger partial charge in [0.25, 0.3) is 0 Å². The van der Waals surface area contributed by atoms with E-state index in [1.165, 1.54) is 12.3 Å². The maximum absolute atomic E-state index is 13.2. The molecular formula is C9H7F2N3. The van der Waals surface area contributed by atoms with E-state index in [0.29, 0.717) is 11.6 Å². The van der Waals surface area contributed by atoms with E-state index in [1.54, 1.807) is 0 Å². The quantitative estimate of drug-likeness (QED) is 0.730. The van der Waals surface area contributed by atoms with Gasteiger partial charge in [-0.1, -0.05) is 0 Å². The SMILES string of the molecule is Nc1cnc(-c2ccc(F)cc2F)[nH]1. The Morgan fingerprint density at radius 2 is 2.07 bits per heavy atom. The van der Waals surface area contributed by atoms with Crippen LogP contribution in [0.1, 0.15) is 0 Å². The molecule has 0 aliphatic carbocycles. The van der Waals surface area contributed by atoms with Crippen LogP contribution in [0.25, 0.3) is 11.4 Å². The molecule has 1 aromatic heterocycles. The van der Waals surface area contributed by atoms with Crippen LogP contribution in [0.5, 0.6) is 0 Å². The molecule has 0 amide bonds. The number of imidazole rings is 1. The Balaban J connectivity index is 2.52. The molecule has 0 aliphatic heterocycles. The molecule has 0 radical (unpaired) electrons. The number of halogens is 2. The van der Waals surface area contributed by atoms with Gasteiger partial charge in [-0.15, -0.1) is 0 Å². The average molecular weight is 195 g/mol. The summed E-state index contributed by atoms with van der Waals surface area (Å²) in [5.74, 6) is -0.658. The summed E-state index contributed by atoms with van der Waals surface area (Å²) in [4.78, 5) is 6.49. The number of anilines is 1. The number of benzene rings is 1. The van der Waals surface area contributed by atoms with Crippen molar-refractivity contribution in [3.63, 3.8) is 0 Å². The van der Waals surface area contributed by atoms with Crippen LogP contribution in [0, 0.1) is 11.6 Å². The number of nitrogen functional groups attached to an aromatic ring is 1. The highest BCUT2D eigenvalue weighted by Gasteiger charge is 2.08. The fraction of sp³-hybridized carbons (Fsp3) is 0. The maximum Gasteiger partial charge on any atom is 0.141 e. The third-order valence-electron chi connectivity index (χ3n) is 1.78. The summed E-state index contributed by atoms with van der Waals surface area (Å²) >= 11 is 0. The Bertz CT molecular complexity index is 465. The molecule has 0 bridgehead atoms. The predicted octanol–water partition coefficient (Wildman–Crippen LogP) is 1.94. The van der Waals surface area contributed by atoms with Gasteiger partial charge in [-0.05, 0) is 12.1 Å². The molecule has 5 heteroatoms. The van der Waals surface area contributed by atoms with E-state index in [9.17, 15) is 8.78 Å². The number of hydrogen-bond donors (Lipinski definition) is 2. The minimum Gasteiger partial charge on any atom is -0.384 e. The van der Waals surface area contributed by atoms with Crippen LogP contribution < -0.4 is 5.73 Å². The first-order valence-electron chi connectivity index (χ1n) is 3.93. The van der Waals surface area contributed by atoms with Crippen LogP contribution in [-0.2, 0) is 0 Å². The van der Waals surface area contributed by atoms with E-state index in [0.717, 1.165) is 12.1 Å². The molecule has 3 nitrogen and oxygen atoms in total. The van der Waals surface area contributed by atoms with E-state index in [1.807, 2.05) is 0 Å². The lowest BCUT2D eigenvalue weighted by Gasteiger charge is -1.98. The van der Waals surface area contributed by atoms with Crippen molar-refractivity contribution >= 4 is 5.82 Å². The van der Waals surface area contributed by atoms with Crippen molar-refractivity contribution in [3.8, 4) is 11.4 Å². The molecule has 0 spiro atoms. The van der Waals surface area contributed by atoms with Gasteiger partial charge in [0.05, 0.1) is 11.8 Å². The van der Waals surface area contributed by atoms with Crippen molar-refractivity contribution in [2.75, 3.05) is 5.73 Å². The Kier molecular flexibility index (Phi) is 1.92. The van der Waals surface area contributed by atoms with Crippen LogP contribution in [0.2, 0.25) is 0 Å². The number of H-pyrrole nitrogens is 1. The lowest BCUT2D eigenvalue weighted by atomic mass is 10.2. The Labute approximate surface area is 78.6 Å². The van der Waals surface area contributed by atoms with Crippen molar-refractivity contribution in [2.45, 2.75) is 0 Å². The standard InChI is InChI=1S/C9H7F2N3/c10-5-1-2-6(7(11)3-5)9-13-4-8(12)14-9/h1-4H,12H2,(H,13,14). The van der Waals surface area contributed by atoms with Gasteiger partial charge in [-0.3, -0.25) is 0 Å². The molecule has 72 valence electrons. The largest absolute Gasteiger partial charge is 0.384 e. The zero-order valence-electron chi connectivity index (χ0n) is 7.09. The van der Waals surface area contributed by atoms with Gasteiger partial charge in [0, 0.05) is 6.07 Å². The first-order valence-corrected chi connectivity index (χ1v) is 3.93. The molecule has 1 aromatic carbocycles. The van der Waals surface area contributed by atoms with Crippen LogP contribution in [0.15, 0.2) is 24.4 Å². The molecule has 3 N–H and O–H groups in total. The number of aromatic nitrogens is 2. The summed E-state index contributed by atoms with van der Waals surface area (Å²) in [6.45, 7) is 0. The number of hydrogen-bond acceptors (Lipinski definition) is 2. The van der Waals surface area contributed by atoms with Gasteiger partial charge in [0.2, 0.25) is 0 Å². The van der Waals surface area contributed by atoms with Crippen molar-refractivity contribution in [2.24, 2.45) is 0 Å². The molecule has 0 aliphatic rings. The van der Waals surface area contributed by atoms with Gasteiger partial charge >= 0.3 is 0 Å². The highest BCUT2D eigenvalue weighted by Crippen LogP contribution is 2.20. The second-order valence-electron chi connectivity index (χ2n) is 2.81. The van der Waals surface area contributed by atoms with Crippen molar-refractivity contribution < 1.29 is 8.78 Å². The summed E-state index contributed by atoms with van der Waals surface area (Å²) in [6, 6.07) is 3.27. The van der Waals surface area contributed by atoms with Gasteiger partial charge in [-0.2, -0.15) is 0 Å². The molecule has 0 saturated carbocycles. The minimum atomic E-state index is -0.667. The number of nitrogens with two attached hydrogens (primary N) is 1. The van der Waals surface area contributed by atoms with Gasteiger partial charge in [0.15, 0.2) is 0 Å². The molecule has 0 unspecified atom stereocenters. The zero-order valence-corrected chi connectivity index (χ0v) is 7.09. The number of nitrogens with one attached hydrogen (secondary N) is 1. The fourth-order valence-electron chi connectivity index (χ4n) is 1.15. The fourth-order valence-corrected chi connectivity index (χ4v) is 1.15. The van der Waals surface area contributed by atoms with Crippen LogP contribution in [-0.4, -0.2) is 9.97 Å². The summed E-state index contributed by atoms with van der Waals surface area (Å²) in [5, 5.41) is 0. The molecule has 14 heavy (non-hydrogen) atoms. The monoisotopic (exact) mass is 195 g/mol. The maximum atomic E-state index is 13.2. The molecule has 1 heterocycles. The molecule has 0 atom stereocenters. The van der Waals surface area contributed by atoms with Crippen LogP contribution in [0.4, 0.5) is 14.6 Å². The second kappa shape index (κ2) is 3.10. The minimum absolute atomic E-state index is 0.197. The van der Waals surface area contributed by atoms with E-state index in [-0.39, 0.29) is 5.56 Å². The Morgan fingerprint density at radius 1 is 1.29 bits per heavy atom. The Morgan fingerprint density at radius 3 is 2.64 bits per heavy atom. The van der Waals surface area contributed by atoms with E-state index >= 15 is 0 Å². The highest BCUT2D eigenvalue weighted by atomic mass is 19.1. The number of nitrogens with zero attached hydrogens (tertiary/aromatic N) is 1. The average Bonchev–Trinajstić information content (AvgIpc) is 2.51. The third kappa shape index (κ3) is 1.44. The lowest BCUT2D eigenvalue weighted by molar-refractivity contribution is 0.585. The van der Waals surface area contributed by atoms with Crippen molar-refractivity contribution in [1.29, 1.82) is 0 Å². The van der Waals surface area contributed by atoms with Gasteiger partial charge < -0.3 is 10.7 Å². The smallest absolute Gasteiger partial charge is 0.141 e. The normalized spacial score (nSPS) is 10.4. The summed E-state index contributed by atoms with van der Waals surface area (Å²) < 4.78 is 25.8. The third-order valence-corrected chi connectivity index (χ3v) is 1.78. The van der Waals surface area contributed by atoms with E-state index in [4.69, 9.17) is 5.73 Å². The molecule has 0 saturated heterocycles. The summed E-state index contributed by atoms with van der Waals surface area (Å²) in [6.07, 6.45) is 1.37. The summed E-state index contributed by atoms with van der Waals surface area (Å²) in [7, 11) is 0. The number of rotatable bonds is 1. The lowest BCUT2D eigenvalue weighted by Crippen LogP contribution is -1.89. The van der Waals surface area contributed by atoms with E-state index < -0.39 is 11.6 Å². The first kappa shape index (κ1) is 8.68. The topological polar surface area (TPSA) is 54.7 Å². The Hall–Kier alpha value is -1.91. The first-order chi connectivity index (χ1) is 6.66. The molecule has 0 fully saturated rings. The highest BCUT2D eigenvalue weighted by molar-refractivity contribution is 5.57. The molecular weight excluding hydrogens is 188 g/mol. The van der Waals surface area contributed by atoms with Gasteiger partial charge in [-0.25, -0.2) is 13.8 Å². The van der Waals surface area contributed by atoms with E-state index in [2.05, 4.69) is 9.97 Å². The summed E-state index contributed by atoms with van der Waals surface area (Å²) in [5.41, 5.74) is 5.58. The molecule has 2 rings (SSSR count). The van der Waals surface area contributed by atoms with Crippen molar-refractivity contribution in [1.82, 2.24) is 9.97 Å². The second-order valence-corrected chi connectivity index (χ2v) is 2.81. The van der Waals surface area contributed by atoms with Crippen LogP contribution in [0.3, 0.4) is 0 Å². The van der Waals surface area contributed by atoms with Crippen molar-refractivity contribution in [3.05, 3.63) is 36.0 Å². The van der Waals surface area contributed by atoms with Crippen LogP contribution >= 0.6 is 0 Å². The molecule has 2 aromatic rings.